The van der Waals surface area contributed by atoms with Gasteiger partial charge in [0, 0.05) is 12.5 Å². The highest BCUT2D eigenvalue weighted by atomic mass is 19.2. The molecule has 0 aromatic carbocycles. The number of hydrogen-bond acceptors (Lipinski definition) is 1. The summed E-state index contributed by atoms with van der Waals surface area (Å²) in [5.74, 6) is -2.02. The SMILES string of the molecule is FC1=CC(F)(OCC2CCCCC2)CC=C1. The molecule has 0 bridgehead atoms. The molecule has 0 N–H and O–H groups in total. The van der Waals surface area contributed by atoms with Crippen molar-refractivity contribution >= 4 is 0 Å². The van der Waals surface area contributed by atoms with Gasteiger partial charge in [0.1, 0.15) is 5.83 Å². The van der Waals surface area contributed by atoms with Gasteiger partial charge >= 0.3 is 0 Å². The number of hydrogen-bond donors (Lipinski definition) is 0. The Balaban J connectivity index is 1.82. The molecule has 1 unspecified atom stereocenters. The summed E-state index contributed by atoms with van der Waals surface area (Å²) in [6.45, 7) is 0.411. The van der Waals surface area contributed by atoms with E-state index in [0.29, 0.717) is 12.5 Å². The Hall–Kier alpha value is -0.700. The molecule has 0 amide bonds. The minimum atomic E-state index is -1.92. The zero-order chi connectivity index (χ0) is 11.4. The van der Waals surface area contributed by atoms with Crippen LogP contribution in [0.2, 0.25) is 0 Å². The maximum atomic E-state index is 14.0. The highest BCUT2D eigenvalue weighted by molar-refractivity contribution is 5.21. The summed E-state index contributed by atoms with van der Waals surface area (Å²) >= 11 is 0. The third kappa shape index (κ3) is 3.14. The average molecular weight is 228 g/mol. The zero-order valence-electron chi connectivity index (χ0n) is 9.42. The fourth-order valence-corrected chi connectivity index (χ4v) is 2.36. The molecule has 0 saturated heterocycles. The van der Waals surface area contributed by atoms with Gasteiger partial charge in [0.15, 0.2) is 0 Å². The second kappa shape index (κ2) is 5.09. The van der Waals surface area contributed by atoms with Gasteiger partial charge in [0.2, 0.25) is 5.85 Å². The van der Waals surface area contributed by atoms with Crippen molar-refractivity contribution in [2.24, 2.45) is 5.92 Å². The van der Waals surface area contributed by atoms with Crippen molar-refractivity contribution in [3.05, 3.63) is 24.1 Å². The Morgan fingerprint density at radius 3 is 2.75 bits per heavy atom. The fourth-order valence-electron chi connectivity index (χ4n) is 2.36. The first-order valence-electron chi connectivity index (χ1n) is 6.06. The van der Waals surface area contributed by atoms with E-state index in [1.807, 2.05) is 0 Å². The number of ether oxygens (including phenoxy) is 1. The van der Waals surface area contributed by atoms with Crippen LogP contribution in [0.4, 0.5) is 8.78 Å². The Labute approximate surface area is 95.2 Å². The molecule has 2 aliphatic rings. The van der Waals surface area contributed by atoms with Gasteiger partial charge in [-0.1, -0.05) is 25.3 Å². The smallest absolute Gasteiger partial charge is 0.235 e. The Kier molecular flexibility index (Phi) is 3.74. The molecule has 0 heterocycles. The van der Waals surface area contributed by atoms with Gasteiger partial charge in [-0.05, 0) is 24.8 Å². The molecule has 2 aliphatic carbocycles. The quantitative estimate of drug-likeness (QED) is 0.707. The van der Waals surface area contributed by atoms with E-state index in [4.69, 9.17) is 4.74 Å². The Morgan fingerprint density at radius 1 is 1.31 bits per heavy atom. The molecule has 1 fully saturated rings. The Bertz CT molecular complexity index is 292. The lowest BCUT2D eigenvalue weighted by Gasteiger charge is -2.27. The third-order valence-electron chi connectivity index (χ3n) is 3.31. The van der Waals surface area contributed by atoms with E-state index in [1.165, 1.54) is 31.4 Å². The molecule has 0 radical (unpaired) electrons. The van der Waals surface area contributed by atoms with Crippen LogP contribution in [-0.4, -0.2) is 12.5 Å². The van der Waals surface area contributed by atoms with Crippen LogP contribution in [0, 0.1) is 5.92 Å². The van der Waals surface area contributed by atoms with E-state index in [2.05, 4.69) is 0 Å². The van der Waals surface area contributed by atoms with E-state index >= 15 is 0 Å². The largest absolute Gasteiger partial charge is 0.342 e. The van der Waals surface area contributed by atoms with Crippen LogP contribution < -0.4 is 0 Å². The molecular formula is C13H18F2O. The summed E-state index contributed by atoms with van der Waals surface area (Å²) in [4.78, 5) is 0. The predicted molar refractivity (Wildman–Crippen MR) is 59.3 cm³/mol. The van der Waals surface area contributed by atoms with Crippen molar-refractivity contribution in [3.8, 4) is 0 Å². The summed E-state index contributed by atoms with van der Waals surface area (Å²) in [6, 6.07) is 0. The monoisotopic (exact) mass is 228 g/mol. The minimum Gasteiger partial charge on any atom is -0.342 e. The van der Waals surface area contributed by atoms with Crippen molar-refractivity contribution in [1.29, 1.82) is 0 Å². The van der Waals surface area contributed by atoms with Crippen LogP contribution in [0.3, 0.4) is 0 Å². The van der Waals surface area contributed by atoms with Gasteiger partial charge in [0.25, 0.3) is 0 Å². The third-order valence-corrected chi connectivity index (χ3v) is 3.31. The molecule has 0 aromatic heterocycles. The van der Waals surface area contributed by atoms with Gasteiger partial charge in [0.05, 0.1) is 6.61 Å². The highest BCUT2D eigenvalue weighted by Gasteiger charge is 2.30. The van der Waals surface area contributed by atoms with Gasteiger partial charge in [-0.25, -0.2) is 8.78 Å². The number of rotatable bonds is 3. The second-order valence-corrected chi connectivity index (χ2v) is 4.74. The van der Waals surface area contributed by atoms with Gasteiger partial charge < -0.3 is 4.74 Å². The van der Waals surface area contributed by atoms with E-state index < -0.39 is 11.7 Å². The minimum absolute atomic E-state index is 0.118. The first-order valence-corrected chi connectivity index (χ1v) is 6.06. The molecule has 2 rings (SSSR count). The van der Waals surface area contributed by atoms with Crippen molar-refractivity contribution < 1.29 is 13.5 Å². The number of alkyl halides is 1. The normalized spacial score (nSPS) is 31.5. The maximum Gasteiger partial charge on any atom is 0.235 e. The maximum absolute atomic E-state index is 14.0. The molecule has 1 atom stereocenters. The molecule has 1 nitrogen and oxygen atoms in total. The molecule has 0 aromatic rings. The lowest BCUT2D eigenvalue weighted by Crippen LogP contribution is -2.29. The molecule has 1 saturated carbocycles. The number of halogens is 2. The summed E-state index contributed by atoms with van der Waals surface area (Å²) in [7, 11) is 0. The van der Waals surface area contributed by atoms with Crippen LogP contribution in [0.15, 0.2) is 24.1 Å². The zero-order valence-corrected chi connectivity index (χ0v) is 9.42. The predicted octanol–water partition coefficient (Wildman–Crippen LogP) is 4.06. The second-order valence-electron chi connectivity index (χ2n) is 4.74. The molecule has 0 aliphatic heterocycles. The molecule has 0 spiro atoms. The van der Waals surface area contributed by atoms with E-state index in [0.717, 1.165) is 18.9 Å². The van der Waals surface area contributed by atoms with Gasteiger partial charge in [-0.15, -0.1) is 0 Å². The lowest BCUT2D eigenvalue weighted by molar-refractivity contribution is -0.119. The van der Waals surface area contributed by atoms with Crippen LogP contribution in [-0.2, 0) is 4.74 Å². The molecular weight excluding hydrogens is 210 g/mol. The van der Waals surface area contributed by atoms with E-state index in [9.17, 15) is 8.78 Å². The first kappa shape index (κ1) is 11.8. The topological polar surface area (TPSA) is 9.23 Å². The number of allylic oxidation sites excluding steroid dienone is 2. The molecule has 16 heavy (non-hydrogen) atoms. The van der Waals surface area contributed by atoms with Crippen LogP contribution in [0.25, 0.3) is 0 Å². The summed E-state index contributed by atoms with van der Waals surface area (Å²) in [5, 5.41) is 0. The van der Waals surface area contributed by atoms with E-state index in [1.54, 1.807) is 0 Å². The van der Waals surface area contributed by atoms with Crippen LogP contribution >= 0.6 is 0 Å². The molecule has 90 valence electrons. The van der Waals surface area contributed by atoms with Crippen molar-refractivity contribution in [3.63, 3.8) is 0 Å². The summed E-state index contributed by atoms with van der Waals surface area (Å²) in [5.41, 5.74) is 0. The van der Waals surface area contributed by atoms with E-state index in [-0.39, 0.29) is 6.42 Å². The van der Waals surface area contributed by atoms with Crippen LogP contribution in [0.1, 0.15) is 38.5 Å². The van der Waals surface area contributed by atoms with Crippen molar-refractivity contribution in [2.45, 2.75) is 44.4 Å². The summed E-state index contributed by atoms with van der Waals surface area (Å²) < 4.78 is 32.1. The fraction of sp³-hybridized carbons (Fsp3) is 0.692. The van der Waals surface area contributed by atoms with Crippen molar-refractivity contribution in [2.75, 3.05) is 6.61 Å². The Morgan fingerprint density at radius 2 is 2.06 bits per heavy atom. The van der Waals surface area contributed by atoms with Crippen molar-refractivity contribution in [1.82, 2.24) is 0 Å². The van der Waals surface area contributed by atoms with Gasteiger partial charge in [-0.2, -0.15) is 0 Å². The lowest BCUT2D eigenvalue weighted by atomic mass is 9.90. The summed E-state index contributed by atoms with van der Waals surface area (Å²) in [6.07, 6.45) is 9.72. The molecule has 3 heteroatoms. The van der Waals surface area contributed by atoms with Gasteiger partial charge in [-0.3, -0.25) is 0 Å². The average Bonchev–Trinajstić information content (AvgIpc) is 2.28. The van der Waals surface area contributed by atoms with Crippen LogP contribution in [0.5, 0.6) is 0 Å². The highest BCUT2D eigenvalue weighted by Crippen LogP contribution is 2.30. The first-order chi connectivity index (χ1) is 7.68. The standard InChI is InChI=1S/C13H18F2O/c14-12-7-4-8-13(15,9-12)16-10-11-5-2-1-3-6-11/h4,7,9,11H,1-3,5-6,8,10H2.